The zero-order chi connectivity index (χ0) is 23.0. The van der Waals surface area contributed by atoms with Crippen LogP contribution in [0.2, 0.25) is 4.34 Å². The summed E-state index contributed by atoms with van der Waals surface area (Å²) in [6, 6.07) is 11.5. The summed E-state index contributed by atoms with van der Waals surface area (Å²) in [5.74, 6) is -0.417. The van der Waals surface area contributed by atoms with Gasteiger partial charge in [0.05, 0.1) is 15.8 Å². The molecule has 2 aromatic heterocycles. The van der Waals surface area contributed by atoms with E-state index in [0.717, 1.165) is 43.3 Å². The molecular formula is C23H23ClN4O3S2. The second-order valence-electron chi connectivity index (χ2n) is 8.13. The average Bonchev–Trinajstić information content (AvgIpc) is 3.55. The van der Waals surface area contributed by atoms with Crippen LogP contribution in [-0.2, 0) is 26.4 Å². The van der Waals surface area contributed by atoms with Crippen LogP contribution in [0.4, 0.5) is 5.69 Å². The summed E-state index contributed by atoms with van der Waals surface area (Å²) in [5.41, 5.74) is 6.80. The number of carbonyl (C=O) groups excluding carboxylic acids is 2. The Labute approximate surface area is 204 Å². The number of morpholine rings is 1. The topological polar surface area (TPSA) is 88.8 Å². The van der Waals surface area contributed by atoms with Gasteiger partial charge < -0.3 is 15.4 Å². The van der Waals surface area contributed by atoms with E-state index in [0.29, 0.717) is 26.1 Å². The first-order chi connectivity index (χ1) is 16.0. The van der Waals surface area contributed by atoms with Crippen molar-refractivity contribution in [1.29, 1.82) is 0 Å². The standard InChI is InChI=1S/C23H23ClN4O3S2/c24-19-7-6-18(33-19)21-26-12-17(32-21)13-27-9-1-8-23(27,22(25)30)15-2-4-16(5-3-15)28-10-11-31-14-20(28)29/h2-7,12H,1,8-11,13-14H2,(H2,25,30). The molecule has 0 saturated carbocycles. The molecule has 33 heavy (non-hydrogen) atoms. The number of rotatable bonds is 6. The Morgan fingerprint density at radius 3 is 2.70 bits per heavy atom. The SMILES string of the molecule is NC(=O)C1(c2ccc(N3CCOCC3=O)cc2)CCCN1Cc1cnc(-c2ccc(Cl)s2)s1. The molecule has 10 heteroatoms. The molecule has 2 amide bonds. The monoisotopic (exact) mass is 502 g/mol. The molecule has 0 spiro atoms. The number of likely N-dealkylation sites (tertiary alicyclic amines) is 1. The lowest BCUT2D eigenvalue weighted by Crippen LogP contribution is -2.50. The average molecular weight is 503 g/mol. The Morgan fingerprint density at radius 2 is 2.00 bits per heavy atom. The predicted molar refractivity (Wildman–Crippen MR) is 131 cm³/mol. The number of anilines is 1. The van der Waals surface area contributed by atoms with Gasteiger partial charge in [0, 0.05) is 29.9 Å². The molecule has 2 N–H and O–H groups in total. The largest absolute Gasteiger partial charge is 0.370 e. The molecule has 1 unspecified atom stereocenters. The van der Waals surface area contributed by atoms with E-state index in [9.17, 15) is 9.59 Å². The molecule has 1 aromatic carbocycles. The summed E-state index contributed by atoms with van der Waals surface area (Å²) in [6.07, 6.45) is 3.40. The zero-order valence-electron chi connectivity index (χ0n) is 17.8. The number of nitrogens with two attached hydrogens (primary N) is 1. The van der Waals surface area contributed by atoms with Gasteiger partial charge in [-0.15, -0.1) is 22.7 Å². The van der Waals surface area contributed by atoms with Crippen molar-refractivity contribution in [1.82, 2.24) is 9.88 Å². The van der Waals surface area contributed by atoms with Crippen molar-refractivity contribution in [2.75, 3.05) is 31.2 Å². The van der Waals surface area contributed by atoms with E-state index in [2.05, 4.69) is 9.88 Å². The first-order valence-electron chi connectivity index (χ1n) is 10.7. The predicted octanol–water partition coefficient (Wildman–Crippen LogP) is 3.86. The number of carbonyl (C=O) groups is 2. The summed E-state index contributed by atoms with van der Waals surface area (Å²) >= 11 is 9.18. The highest BCUT2D eigenvalue weighted by Crippen LogP contribution is 2.42. The van der Waals surface area contributed by atoms with Crippen LogP contribution in [0.25, 0.3) is 9.88 Å². The van der Waals surface area contributed by atoms with Crippen molar-refractivity contribution in [2.24, 2.45) is 5.73 Å². The lowest BCUT2D eigenvalue weighted by atomic mass is 9.86. The molecule has 0 radical (unpaired) electrons. The van der Waals surface area contributed by atoms with E-state index < -0.39 is 5.54 Å². The van der Waals surface area contributed by atoms with Crippen molar-refractivity contribution < 1.29 is 14.3 Å². The minimum atomic E-state index is -0.885. The van der Waals surface area contributed by atoms with Crippen LogP contribution in [0.1, 0.15) is 23.3 Å². The fraction of sp³-hybridized carbons (Fsp3) is 0.348. The Bertz CT molecular complexity index is 1180. The molecule has 4 heterocycles. The number of hydrogen-bond donors (Lipinski definition) is 1. The van der Waals surface area contributed by atoms with Crippen LogP contribution in [0, 0.1) is 0 Å². The van der Waals surface area contributed by atoms with Crippen molar-refractivity contribution in [3.8, 4) is 9.88 Å². The van der Waals surface area contributed by atoms with E-state index >= 15 is 0 Å². The second-order valence-corrected chi connectivity index (χ2v) is 11.0. The number of aromatic nitrogens is 1. The summed E-state index contributed by atoms with van der Waals surface area (Å²) in [6.45, 7) is 2.48. The molecule has 1 atom stereocenters. The van der Waals surface area contributed by atoms with Gasteiger partial charge >= 0.3 is 0 Å². The van der Waals surface area contributed by atoms with Crippen molar-refractivity contribution in [3.63, 3.8) is 0 Å². The quantitative estimate of drug-likeness (QED) is 0.553. The number of amides is 2. The summed E-state index contributed by atoms with van der Waals surface area (Å²) in [7, 11) is 0. The van der Waals surface area contributed by atoms with Crippen LogP contribution in [0.3, 0.4) is 0 Å². The number of ether oxygens (including phenoxy) is 1. The molecule has 0 bridgehead atoms. The third-order valence-corrected chi connectivity index (χ3v) is 8.62. The van der Waals surface area contributed by atoms with E-state index in [1.165, 1.54) is 11.3 Å². The molecular weight excluding hydrogens is 480 g/mol. The fourth-order valence-electron chi connectivity index (χ4n) is 4.66. The summed E-state index contributed by atoms with van der Waals surface area (Å²) < 4.78 is 5.95. The molecule has 2 aliphatic rings. The highest BCUT2D eigenvalue weighted by atomic mass is 35.5. The Balaban J connectivity index is 1.40. The van der Waals surface area contributed by atoms with Gasteiger partial charge in [0.1, 0.15) is 17.2 Å². The molecule has 2 saturated heterocycles. The number of benzene rings is 1. The molecule has 5 rings (SSSR count). The molecule has 172 valence electrons. The third-order valence-electron chi connectivity index (χ3n) is 6.24. The highest BCUT2D eigenvalue weighted by Gasteiger charge is 2.47. The first-order valence-corrected chi connectivity index (χ1v) is 12.7. The van der Waals surface area contributed by atoms with Gasteiger partial charge in [0.2, 0.25) is 5.91 Å². The number of thiazole rings is 1. The van der Waals surface area contributed by atoms with Crippen LogP contribution in [-0.4, -0.2) is 48.0 Å². The van der Waals surface area contributed by atoms with Gasteiger partial charge in [-0.05, 0) is 49.2 Å². The van der Waals surface area contributed by atoms with Crippen molar-refractivity contribution in [2.45, 2.75) is 24.9 Å². The van der Waals surface area contributed by atoms with Crippen molar-refractivity contribution >= 4 is 51.8 Å². The van der Waals surface area contributed by atoms with Gasteiger partial charge in [0.25, 0.3) is 5.91 Å². The maximum Gasteiger partial charge on any atom is 0.253 e. The second kappa shape index (κ2) is 9.15. The number of primary amides is 1. The Kier molecular flexibility index (Phi) is 6.24. The molecule has 7 nitrogen and oxygen atoms in total. The maximum atomic E-state index is 12.9. The number of nitrogens with zero attached hydrogens (tertiary/aromatic N) is 3. The minimum Gasteiger partial charge on any atom is -0.370 e. The van der Waals surface area contributed by atoms with Crippen LogP contribution in [0.5, 0.6) is 0 Å². The molecule has 2 fully saturated rings. The van der Waals surface area contributed by atoms with Crippen molar-refractivity contribution in [3.05, 3.63) is 57.4 Å². The number of hydrogen-bond acceptors (Lipinski definition) is 7. The van der Waals surface area contributed by atoms with Gasteiger partial charge in [0.15, 0.2) is 0 Å². The molecule has 0 aliphatic carbocycles. The van der Waals surface area contributed by atoms with Gasteiger partial charge in [-0.25, -0.2) is 4.98 Å². The summed E-state index contributed by atoms with van der Waals surface area (Å²) in [4.78, 5) is 35.6. The van der Waals surface area contributed by atoms with E-state index in [1.807, 2.05) is 42.6 Å². The zero-order valence-corrected chi connectivity index (χ0v) is 20.2. The lowest BCUT2D eigenvalue weighted by molar-refractivity contribution is -0.129. The normalized spacial score (nSPS) is 21.6. The minimum absolute atomic E-state index is 0.0610. The van der Waals surface area contributed by atoms with Gasteiger partial charge in [-0.2, -0.15) is 0 Å². The highest BCUT2D eigenvalue weighted by molar-refractivity contribution is 7.23. The summed E-state index contributed by atoms with van der Waals surface area (Å²) in [5, 5.41) is 0.922. The fourth-order valence-corrected chi connectivity index (χ4v) is 6.69. The van der Waals surface area contributed by atoms with Gasteiger partial charge in [-0.3, -0.25) is 14.5 Å². The van der Waals surface area contributed by atoms with Gasteiger partial charge in [-0.1, -0.05) is 23.7 Å². The van der Waals surface area contributed by atoms with Crippen LogP contribution >= 0.6 is 34.3 Å². The van der Waals surface area contributed by atoms with E-state index in [4.69, 9.17) is 22.1 Å². The lowest BCUT2D eigenvalue weighted by Gasteiger charge is -2.36. The number of thiophene rings is 1. The smallest absolute Gasteiger partial charge is 0.253 e. The first kappa shape index (κ1) is 22.5. The molecule has 3 aromatic rings. The molecule has 2 aliphatic heterocycles. The van der Waals surface area contributed by atoms with Crippen LogP contribution in [0.15, 0.2) is 42.6 Å². The van der Waals surface area contributed by atoms with E-state index in [1.54, 1.807) is 16.2 Å². The Morgan fingerprint density at radius 1 is 1.18 bits per heavy atom. The maximum absolute atomic E-state index is 12.9. The third kappa shape index (κ3) is 4.20. The van der Waals surface area contributed by atoms with Crippen LogP contribution < -0.4 is 10.6 Å². The Hall–Kier alpha value is -2.30. The number of halogens is 1. The van der Waals surface area contributed by atoms with E-state index in [-0.39, 0.29) is 18.4 Å².